The largest absolute Gasteiger partial charge is 0.373 e. The molecule has 3 rings (SSSR count). The van der Waals surface area contributed by atoms with Gasteiger partial charge in [0.05, 0.1) is 6.20 Å². The van der Waals surface area contributed by atoms with E-state index in [0.717, 1.165) is 30.2 Å². The summed E-state index contributed by atoms with van der Waals surface area (Å²) in [5, 5.41) is 7.66. The first-order chi connectivity index (χ1) is 9.31. The Bertz CT molecular complexity index is 567. The summed E-state index contributed by atoms with van der Waals surface area (Å²) in [5.74, 6) is 1.87. The summed E-state index contributed by atoms with van der Waals surface area (Å²) in [6.45, 7) is 2.15. The van der Waals surface area contributed by atoms with Gasteiger partial charge in [0.2, 0.25) is 0 Å². The van der Waals surface area contributed by atoms with Crippen LogP contribution in [0.1, 0.15) is 43.9 Å². The molecule has 19 heavy (non-hydrogen) atoms. The molecule has 0 spiro atoms. The molecule has 2 aromatic heterocycles. The highest BCUT2D eigenvalue weighted by molar-refractivity contribution is 5.54. The van der Waals surface area contributed by atoms with E-state index in [4.69, 9.17) is 4.98 Å². The zero-order valence-corrected chi connectivity index (χ0v) is 11.8. The van der Waals surface area contributed by atoms with E-state index in [1.807, 2.05) is 17.8 Å². The van der Waals surface area contributed by atoms with Crippen molar-refractivity contribution in [3.8, 4) is 0 Å². The molecule has 1 aliphatic rings. The van der Waals surface area contributed by atoms with Gasteiger partial charge in [-0.2, -0.15) is 9.61 Å². The molecule has 2 heterocycles. The van der Waals surface area contributed by atoms with Gasteiger partial charge in [-0.15, -0.1) is 0 Å². The normalized spacial score (nSPS) is 16.3. The van der Waals surface area contributed by atoms with Crippen LogP contribution in [-0.4, -0.2) is 21.6 Å². The molecule has 1 aliphatic carbocycles. The Morgan fingerprint density at radius 2 is 2.16 bits per heavy atom. The first-order valence-corrected chi connectivity index (χ1v) is 7.36. The van der Waals surface area contributed by atoms with Crippen LogP contribution in [-0.2, 0) is 12.8 Å². The van der Waals surface area contributed by atoms with Gasteiger partial charge in [-0.3, -0.25) is 0 Å². The van der Waals surface area contributed by atoms with Crippen LogP contribution < -0.4 is 5.32 Å². The fourth-order valence-corrected chi connectivity index (χ4v) is 3.10. The minimum absolute atomic E-state index is 0.827. The summed E-state index contributed by atoms with van der Waals surface area (Å²) in [7, 11) is 1.95. The van der Waals surface area contributed by atoms with Gasteiger partial charge >= 0.3 is 0 Å². The molecule has 0 bridgehead atoms. The van der Waals surface area contributed by atoms with Crippen molar-refractivity contribution >= 4 is 11.5 Å². The molecule has 1 fully saturated rings. The fraction of sp³-hybridized carbons (Fsp3) is 0.600. The van der Waals surface area contributed by atoms with E-state index in [9.17, 15) is 0 Å². The summed E-state index contributed by atoms with van der Waals surface area (Å²) in [4.78, 5) is 4.84. The maximum absolute atomic E-state index is 4.84. The molecule has 1 saturated carbocycles. The van der Waals surface area contributed by atoms with Crippen molar-refractivity contribution in [1.29, 1.82) is 0 Å². The summed E-state index contributed by atoms with van der Waals surface area (Å²) in [6.07, 6.45) is 9.52. The van der Waals surface area contributed by atoms with Crippen LogP contribution in [0.2, 0.25) is 0 Å². The molecule has 4 nitrogen and oxygen atoms in total. The Morgan fingerprint density at radius 3 is 2.84 bits per heavy atom. The molecular formula is C15H22N4. The lowest BCUT2D eigenvalue weighted by Crippen LogP contribution is -2.07. The third kappa shape index (κ3) is 2.31. The number of fused-ring (bicyclic) bond motifs is 1. The number of nitrogens with one attached hydrogen (secondary N) is 1. The van der Waals surface area contributed by atoms with E-state index < -0.39 is 0 Å². The first-order valence-electron chi connectivity index (χ1n) is 7.36. The van der Waals surface area contributed by atoms with Crippen molar-refractivity contribution in [3.63, 3.8) is 0 Å². The molecular weight excluding hydrogens is 236 g/mol. The van der Waals surface area contributed by atoms with Crippen LogP contribution in [0.5, 0.6) is 0 Å². The average molecular weight is 258 g/mol. The number of hydrogen-bond acceptors (Lipinski definition) is 3. The van der Waals surface area contributed by atoms with E-state index in [2.05, 4.69) is 23.4 Å². The first kappa shape index (κ1) is 12.5. The Hall–Kier alpha value is -1.58. The minimum Gasteiger partial charge on any atom is -0.373 e. The predicted octanol–water partition coefficient (Wildman–Crippen LogP) is 3.07. The predicted molar refractivity (Wildman–Crippen MR) is 77.6 cm³/mol. The van der Waals surface area contributed by atoms with Crippen molar-refractivity contribution in [2.75, 3.05) is 12.4 Å². The summed E-state index contributed by atoms with van der Waals surface area (Å²) in [5.41, 5.74) is 3.45. The van der Waals surface area contributed by atoms with Crippen LogP contribution in [0, 0.1) is 5.92 Å². The van der Waals surface area contributed by atoms with Crippen molar-refractivity contribution in [3.05, 3.63) is 23.5 Å². The third-order valence-electron chi connectivity index (χ3n) is 4.21. The second-order valence-electron chi connectivity index (χ2n) is 5.50. The Balaban J connectivity index is 1.99. The molecule has 0 atom stereocenters. The van der Waals surface area contributed by atoms with Gasteiger partial charge in [0.25, 0.3) is 0 Å². The van der Waals surface area contributed by atoms with Gasteiger partial charge in [-0.05, 0) is 18.8 Å². The molecule has 0 unspecified atom stereocenters. The molecule has 0 amide bonds. The molecule has 1 N–H and O–H groups in total. The molecule has 0 aromatic carbocycles. The Morgan fingerprint density at radius 1 is 1.37 bits per heavy atom. The summed E-state index contributed by atoms with van der Waals surface area (Å²) >= 11 is 0. The maximum Gasteiger partial charge on any atom is 0.160 e. The second kappa shape index (κ2) is 5.19. The van der Waals surface area contributed by atoms with Crippen LogP contribution >= 0.6 is 0 Å². The van der Waals surface area contributed by atoms with Crippen LogP contribution in [0.3, 0.4) is 0 Å². The zero-order valence-electron chi connectivity index (χ0n) is 11.8. The van der Waals surface area contributed by atoms with E-state index >= 15 is 0 Å². The van der Waals surface area contributed by atoms with E-state index in [1.54, 1.807) is 0 Å². The van der Waals surface area contributed by atoms with Gasteiger partial charge in [-0.1, -0.05) is 32.6 Å². The number of anilines is 1. The molecule has 0 aliphatic heterocycles. The lowest BCUT2D eigenvalue weighted by atomic mass is 10.0. The monoisotopic (exact) mass is 258 g/mol. The minimum atomic E-state index is 0.827. The second-order valence-corrected chi connectivity index (χ2v) is 5.50. The molecule has 0 radical (unpaired) electrons. The quantitative estimate of drug-likeness (QED) is 0.916. The molecule has 2 aromatic rings. The Labute approximate surface area is 114 Å². The van der Waals surface area contributed by atoms with Crippen molar-refractivity contribution in [2.45, 2.75) is 45.4 Å². The summed E-state index contributed by atoms with van der Waals surface area (Å²) < 4.78 is 1.91. The van der Waals surface area contributed by atoms with Gasteiger partial charge in [0.15, 0.2) is 5.65 Å². The van der Waals surface area contributed by atoms with E-state index in [-0.39, 0.29) is 0 Å². The van der Waals surface area contributed by atoms with Crippen molar-refractivity contribution < 1.29 is 0 Å². The van der Waals surface area contributed by atoms with E-state index in [0.29, 0.717) is 0 Å². The highest BCUT2D eigenvalue weighted by Crippen LogP contribution is 2.28. The topological polar surface area (TPSA) is 42.2 Å². The standard InChI is InChI=1S/C15H22N4/c1-3-12-10-17-19-14(16-2)9-13(18-15(12)19)8-11-6-4-5-7-11/h9-11,16H,3-8H2,1-2H3. The Kier molecular flexibility index (Phi) is 3.40. The molecule has 0 saturated heterocycles. The molecule has 102 valence electrons. The number of hydrogen-bond donors (Lipinski definition) is 1. The average Bonchev–Trinajstić information content (AvgIpc) is 3.06. The van der Waals surface area contributed by atoms with Gasteiger partial charge < -0.3 is 5.32 Å². The number of nitrogens with zero attached hydrogens (tertiary/aromatic N) is 3. The maximum atomic E-state index is 4.84. The zero-order chi connectivity index (χ0) is 13.2. The SMILES string of the molecule is CCc1cnn2c(NC)cc(CC3CCCC3)nc12. The number of rotatable bonds is 4. The lowest BCUT2D eigenvalue weighted by molar-refractivity contribution is 0.539. The van der Waals surface area contributed by atoms with E-state index in [1.165, 1.54) is 36.9 Å². The highest BCUT2D eigenvalue weighted by atomic mass is 15.3. The van der Waals surface area contributed by atoms with Crippen molar-refractivity contribution in [2.24, 2.45) is 5.92 Å². The highest BCUT2D eigenvalue weighted by Gasteiger charge is 2.17. The lowest BCUT2D eigenvalue weighted by Gasteiger charge is -2.11. The van der Waals surface area contributed by atoms with Crippen LogP contribution in [0.15, 0.2) is 12.3 Å². The number of aromatic nitrogens is 3. The summed E-state index contributed by atoms with van der Waals surface area (Å²) in [6, 6.07) is 2.15. The number of aryl methyl sites for hydroxylation is 1. The van der Waals surface area contributed by atoms with Crippen molar-refractivity contribution in [1.82, 2.24) is 14.6 Å². The van der Waals surface area contributed by atoms with Crippen LogP contribution in [0.4, 0.5) is 5.82 Å². The molecule has 4 heteroatoms. The third-order valence-corrected chi connectivity index (χ3v) is 4.21. The van der Waals surface area contributed by atoms with Gasteiger partial charge in [0, 0.05) is 24.4 Å². The van der Waals surface area contributed by atoms with Crippen LogP contribution in [0.25, 0.3) is 5.65 Å². The smallest absolute Gasteiger partial charge is 0.160 e. The fourth-order valence-electron chi connectivity index (χ4n) is 3.10. The van der Waals surface area contributed by atoms with Gasteiger partial charge in [0.1, 0.15) is 5.82 Å². The van der Waals surface area contributed by atoms with Gasteiger partial charge in [-0.25, -0.2) is 4.98 Å².